The summed E-state index contributed by atoms with van der Waals surface area (Å²) >= 11 is 4.41. The molecule has 2 aromatic rings. The van der Waals surface area contributed by atoms with Crippen molar-refractivity contribution in [3.63, 3.8) is 0 Å². The molecule has 1 aromatic carbocycles. The molecule has 1 aromatic heterocycles. The zero-order valence-electron chi connectivity index (χ0n) is 7.28. The van der Waals surface area contributed by atoms with Gasteiger partial charge in [0.2, 0.25) is 0 Å². The van der Waals surface area contributed by atoms with Gasteiger partial charge in [0.15, 0.2) is 0 Å². The Morgan fingerprint density at radius 3 is 2.86 bits per heavy atom. The van der Waals surface area contributed by atoms with Gasteiger partial charge in [-0.25, -0.2) is 4.98 Å². The number of halogens is 1. The molecule has 0 radical (unpaired) electrons. The summed E-state index contributed by atoms with van der Waals surface area (Å²) in [6.45, 7) is 0. The maximum Gasteiger partial charge on any atom is 1.00 e. The number of aromatic carboxylic acids is 1. The van der Waals surface area contributed by atoms with E-state index >= 15 is 0 Å². The number of hydrogen-bond donors (Lipinski definition) is 0. The number of carboxylic acid groups (broad SMARTS) is 1. The van der Waals surface area contributed by atoms with Crippen LogP contribution in [0.1, 0.15) is 9.80 Å². The molecule has 0 aliphatic rings. The Kier molecular flexibility index (Phi) is 4.70. The summed E-state index contributed by atoms with van der Waals surface area (Å²) < 4.78 is 1.75. The van der Waals surface area contributed by atoms with E-state index in [2.05, 4.69) is 20.9 Å². The van der Waals surface area contributed by atoms with E-state index in [1.165, 1.54) is 0 Å². The number of nitrogens with zero attached hydrogens (tertiary/aromatic N) is 1. The second kappa shape index (κ2) is 5.15. The van der Waals surface area contributed by atoms with Gasteiger partial charge in [0.1, 0.15) is 11.0 Å². The van der Waals surface area contributed by atoms with Gasteiger partial charge in [-0.15, -0.1) is 11.3 Å². The van der Waals surface area contributed by atoms with Crippen LogP contribution in [0.4, 0.5) is 0 Å². The van der Waals surface area contributed by atoms with Crippen molar-refractivity contribution in [1.29, 1.82) is 0 Å². The van der Waals surface area contributed by atoms with Crippen molar-refractivity contribution in [2.24, 2.45) is 0 Å². The first-order valence-electron chi connectivity index (χ1n) is 3.44. The molecule has 0 fully saturated rings. The van der Waals surface area contributed by atoms with Crippen LogP contribution in [0, 0.1) is 0 Å². The number of hydrogen-bond acceptors (Lipinski definition) is 4. The fraction of sp³-hybridized carbons (Fsp3) is 0. The van der Waals surface area contributed by atoms with E-state index in [-0.39, 0.29) is 56.4 Å². The summed E-state index contributed by atoms with van der Waals surface area (Å²) in [5.74, 6) is -1.22. The predicted molar refractivity (Wildman–Crippen MR) is 51.7 cm³/mol. The summed E-state index contributed by atoms with van der Waals surface area (Å²) in [7, 11) is 0. The molecule has 6 heteroatoms. The molecule has 0 saturated heterocycles. The minimum atomic E-state index is -1.22. The van der Waals surface area contributed by atoms with E-state index in [1.54, 1.807) is 6.07 Å². The molecule has 0 aliphatic carbocycles. The number of rotatable bonds is 1. The van der Waals surface area contributed by atoms with Crippen LogP contribution < -0.4 is 56.5 Å². The maximum absolute atomic E-state index is 10.5. The van der Waals surface area contributed by atoms with Crippen molar-refractivity contribution in [2.75, 3.05) is 0 Å². The van der Waals surface area contributed by atoms with E-state index in [1.807, 2.05) is 12.1 Å². The fourth-order valence-corrected chi connectivity index (χ4v) is 2.34. The van der Waals surface area contributed by atoms with Gasteiger partial charge in [-0.1, -0.05) is 15.9 Å². The topological polar surface area (TPSA) is 53.0 Å². The number of carbonyl (C=O) groups excluding carboxylic acids is 1. The van der Waals surface area contributed by atoms with Gasteiger partial charge >= 0.3 is 51.4 Å². The smallest absolute Gasteiger partial charge is 0.542 e. The molecule has 0 atom stereocenters. The summed E-state index contributed by atoms with van der Waals surface area (Å²) in [6, 6.07) is 5.42. The molecular formula is C8H3BrKNO2S. The summed E-state index contributed by atoms with van der Waals surface area (Å²) in [5, 5.41) is 10.5. The molecule has 1 heterocycles. The summed E-state index contributed by atoms with van der Waals surface area (Å²) in [4.78, 5) is 14.4. The molecular weight excluding hydrogens is 293 g/mol. The average Bonchev–Trinajstić information content (AvgIpc) is 2.46. The SMILES string of the molecule is O=C([O-])c1nc2ccc(Br)cc2s1.[K+]. The van der Waals surface area contributed by atoms with Crippen molar-refractivity contribution in [3.8, 4) is 0 Å². The van der Waals surface area contributed by atoms with Gasteiger partial charge < -0.3 is 9.90 Å². The Labute approximate surface area is 135 Å². The first kappa shape index (κ1) is 12.8. The standard InChI is InChI=1S/C8H4BrNO2S.K/c9-4-1-2-5-6(3-4)13-7(10-5)8(11)12;/h1-3H,(H,11,12);/q;+1/p-1. The maximum atomic E-state index is 10.5. The molecule has 0 N–H and O–H groups in total. The molecule has 0 aliphatic heterocycles. The average molecular weight is 296 g/mol. The quantitative estimate of drug-likeness (QED) is 0.597. The Bertz CT molecular complexity index is 485. The van der Waals surface area contributed by atoms with Crippen LogP contribution in [0.25, 0.3) is 10.2 Å². The van der Waals surface area contributed by atoms with Crippen LogP contribution in [-0.2, 0) is 0 Å². The van der Waals surface area contributed by atoms with Crippen LogP contribution >= 0.6 is 27.3 Å². The first-order valence-corrected chi connectivity index (χ1v) is 5.05. The Balaban J connectivity index is 0.000000980. The number of carbonyl (C=O) groups is 1. The molecule has 0 spiro atoms. The van der Waals surface area contributed by atoms with E-state index < -0.39 is 5.97 Å². The second-order valence-corrected chi connectivity index (χ2v) is 4.36. The van der Waals surface area contributed by atoms with Gasteiger partial charge in [0, 0.05) is 4.47 Å². The molecule has 3 nitrogen and oxygen atoms in total. The molecule has 0 unspecified atom stereocenters. The van der Waals surface area contributed by atoms with Crippen LogP contribution in [0.15, 0.2) is 22.7 Å². The van der Waals surface area contributed by atoms with Crippen molar-refractivity contribution in [3.05, 3.63) is 27.7 Å². The third kappa shape index (κ3) is 2.63. The minimum Gasteiger partial charge on any atom is -0.542 e. The zero-order chi connectivity index (χ0) is 9.42. The fourth-order valence-electron chi connectivity index (χ4n) is 0.986. The predicted octanol–water partition coefficient (Wildman–Crippen LogP) is -1.57. The minimum absolute atomic E-state index is 0. The molecule has 2 rings (SSSR count). The third-order valence-electron chi connectivity index (χ3n) is 1.53. The number of aromatic nitrogens is 1. The van der Waals surface area contributed by atoms with Crippen molar-refractivity contribution >= 4 is 43.5 Å². The monoisotopic (exact) mass is 295 g/mol. The van der Waals surface area contributed by atoms with Gasteiger partial charge in [-0.3, -0.25) is 0 Å². The molecule has 0 amide bonds. The first-order chi connectivity index (χ1) is 6.16. The second-order valence-electron chi connectivity index (χ2n) is 2.42. The van der Waals surface area contributed by atoms with Crippen LogP contribution in [-0.4, -0.2) is 11.0 Å². The molecule has 0 bridgehead atoms. The summed E-state index contributed by atoms with van der Waals surface area (Å²) in [5.41, 5.74) is 0.687. The van der Waals surface area contributed by atoms with Crippen molar-refractivity contribution in [2.45, 2.75) is 0 Å². The van der Waals surface area contributed by atoms with E-state index in [4.69, 9.17) is 0 Å². The van der Waals surface area contributed by atoms with Gasteiger partial charge in [0.25, 0.3) is 0 Å². The van der Waals surface area contributed by atoms with E-state index in [9.17, 15) is 9.90 Å². The Morgan fingerprint density at radius 1 is 1.50 bits per heavy atom. The third-order valence-corrected chi connectivity index (χ3v) is 3.02. The van der Waals surface area contributed by atoms with E-state index in [0.717, 1.165) is 20.5 Å². The van der Waals surface area contributed by atoms with Crippen molar-refractivity contribution < 1.29 is 61.3 Å². The van der Waals surface area contributed by atoms with E-state index in [0.29, 0.717) is 5.52 Å². The van der Waals surface area contributed by atoms with Crippen LogP contribution in [0.5, 0.6) is 0 Å². The number of carboxylic acids is 1. The zero-order valence-corrected chi connectivity index (χ0v) is 12.8. The van der Waals surface area contributed by atoms with Gasteiger partial charge in [-0.05, 0) is 18.2 Å². The molecule has 66 valence electrons. The number of fused-ring (bicyclic) bond motifs is 1. The molecule has 14 heavy (non-hydrogen) atoms. The normalized spacial score (nSPS) is 9.79. The van der Waals surface area contributed by atoms with Gasteiger partial charge in [0.05, 0.1) is 10.2 Å². The number of thiazole rings is 1. The summed E-state index contributed by atoms with van der Waals surface area (Å²) in [6.07, 6.45) is 0. The van der Waals surface area contributed by atoms with Crippen LogP contribution in [0.3, 0.4) is 0 Å². The van der Waals surface area contributed by atoms with Gasteiger partial charge in [-0.2, -0.15) is 0 Å². The number of benzene rings is 1. The largest absolute Gasteiger partial charge is 1.00 e. The Hall–Kier alpha value is 0.696. The molecule has 0 saturated carbocycles. The van der Waals surface area contributed by atoms with Crippen LogP contribution in [0.2, 0.25) is 0 Å². The van der Waals surface area contributed by atoms with Crippen molar-refractivity contribution in [1.82, 2.24) is 4.98 Å². The Morgan fingerprint density at radius 2 is 2.21 bits per heavy atom.